The number of hydrogen-bond donors (Lipinski definition) is 0. The van der Waals surface area contributed by atoms with Gasteiger partial charge in [0.25, 0.3) is 5.91 Å². The number of pyridine rings is 1. The van der Waals surface area contributed by atoms with Gasteiger partial charge in [-0.2, -0.15) is 0 Å². The molecule has 0 saturated carbocycles. The number of carbonyl (C=O) groups is 1. The normalized spacial score (nSPS) is 19.6. The minimum atomic E-state index is 0.162. The molecule has 28 heavy (non-hydrogen) atoms. The van der Waals surface area contributed by atoms with Gasteiger partial charge < -0.3 is 9.64 Å². The van der Waals surface area contributed by atoms with Crippen LogP contribution in [-0.4, -0.2) is 54.0 Å². The topological polar surface area (TPSA) is 45.7 Å². The Bertz CT molecular complexity index is 812. The Morgan fingerprint density at radius 1 is 1.43 bits per heavy atom. The summed E-state index contributed by atoms with van der Waals surface area (Å²) in [5, 5.41) is 2.06. The van der Waals surface area contributed by atoms with Crippen molar-refractivity contribution >= 4 is 17.2 Å². The summed E-state index contributed by atoms with van der Waals surface area (Å²) < 4.78 is 5.45. The number of aromatic nitrogens is 1. The molecule has 6 heteroatoms. The molecule has 1 fully saturated rings. The van der Waals surface area contributed by atoms with E-state index >= 15 is 0 Å². The summed E-state index contributed by atoms with van der Waals surface area (Å²) in [6.45, 7) is 7.29. The molecule has 1 amide bonds. The highest BCUT2D eigenvalue weighted by Crippen LogP contribution is 2.30. The third kappa shape index (κ3) is 4.29. The number of thiophene rings is 1. The van der Waals surface area contributed by atoms with Crippen molar-refractivity contribution in [1.29, 1.82) is 0 Å². The fourth-order valence-electron chi connectivity index (χ4n) is 4.09. The molecular formula is C22H29N3O2S. The molecule has 0 aromatic carbocycles. The summed E-state index contributed by atoms with van der Waals surface area (Å²) in [7, 11) is 1.92. The van der Waals surface area contributed by atoms with Gasteiger partial charge in [0.15, 0.2) is 0 Å². The summed E-state index contributed by atoms with van der Waals surface area (Å²) in [6, 6.07) is 4.31. The molecule has 0 bridgehead atoms. The van der Waals surface area contributed by atoms with Crippen molar-refractivity contribution in [2.45, 2.75) is 39.3 Å². The molecule has 2 aromatic rings. The predicted octanol–water partition coefficient (Wildman–Crippen LogP) is 3.37. The van der Waals surface area contributed by atoms with E-state index in [9.17, 15) is 4.79 Å². The molecular weight excluding hydrogens is 370 g/mol. The average Bonchev–Trinajstić information content (AvgIpc) is 3.37. The standard InChI is InChI=1S/C22H29N3O2S/c1-3-16-4-5-18(23-10-16)12-25-8-6-19-20(15-28-21(19)13-25)22(26)24(2)11-17-7-9-27-14-17/h4-5,10,15,17H,3,6-9,11-14H2,1-2H3/t17-/m1/s1. The van der Waals surface area contributed by atoms with Crippen LogP contribution in [0.4, 0.5) is 0 Å². The molecule has 2 aliphatic rings. The van der Waals surface area contributed by atoms with Crippen LogP contribution in [0.2, 0.25) is 0 Å². The van der Waals surface area contributed by atoms with Gasteiger partial charge in [-0.05, 0) is 36.5 Å². The van der Waals surface area contributed by atoms with Gasteiger partial charge in [-0.1, -0.05) is 13.0 Å². The first-order valence-electron chi connectivity index (χ1n) is 10.2. The first kappa shape index (κ1) is 19.6. The Balaban J connectivity index is 1.38. The van der Waals surface area contributed by atoms with Crippen LogP contribution in [0, 0.1) is 5.92 Å². The SMILES string of the molecule is CCc1ccc(CN2CCc3c(C(=O)N(C)C[C@H]4CCOC4)csc3C2)nc1. The second-order valence-electron chi connectivity index (χ2n) is 7.94. The van der Waals surface area contributed by atoms with Crippen LogP contribution >= 0.6 is 11.3 Å². The number of ether oxygens (including phenoxy) is 1. The third-order valence-corrected chi connectivity index (χ3v) is 6.85. The molecule has 4 heterocycles. The minimum absolute atomic E-state index is 0.162. The highest BCUT2D eigenvalue weighted by Gasteiger charge is 2.27. The summed E-state index contributed by atoms with van der Waals surface area (Å²) in [4.78, 5) is 23.2. The Kier molecular flexibility index (Phi) is 6.09. The van der Waals surface area contributed by atoms with Crippen molar-refractivity contribution in [1.82, 2.24) is 14.8 Å². The first-order valence-corrected chi connectivity index (χ1v) is 11.1. The molecule has 1 saturated heterocycles. The van der Waals surface area contributed by atoms with E-state index < -0.39 is 0 Å². The van der Waals surface area contributed by atoms with Gasteiger partial charge in [-0.3, -0.25) is 14.7 Å². The van der Waals surface area contributed by atoms with E-state index in [2.05, 4.69) is 34.3 Å². The number of nitrogens with zero attached hydrogens (tertiary/aromatic N) is 3. The lowest BCUT2D eigenvalue weighted by atomic mass is 10.0. The molecule has 0 N–H and O–H groups in total. The zero-order chi connectivity index (χ0) is 19.5. The largest absolute Gasteiger partial charge is 0.381 e. The van der Waals surface area contributed by atoms with Gasteiger partial charge >= 0.3 is 0 Å². The summed E-state index contributed by atoms with van der Waals surface area (Å²) in [6.07, 6.45) is 5.00. The van der Waals surface area contributed by atoms with E-state index in [1.54, 1.807) is 11.3 Å². The van der Waals surface area contributed by atoms with Crippen molar-refractivity contribution in [3.8, 4) is 0 Å². The van der Waals surface area contributed by atoms with E-state index in [0.29, 0.717) is 5.92 Å². The smallest absolute Gasteiger partial charge is 0.254 e. The number of carbonyl (C=O) groups excluding carboxylic acids is 1. The van der Waals surface area contributed by atoms with Crippen molar-refractivity contribution in [3.63, 3.8) is 0 Å². The van der Waals surface area contributed by atoms with Crippen molar-refractivity contribution in [2.75, 3.05) is 33.4 Å². The fourth-order valence-corrected chi connectivity index (χ4v) is 5.20. The van der Waals surface area contributed by atoms with E-state index in [1.165, 1.54) is 16.0 Å². The lowest BCUT2D eigenvalue weighted by Crippen LogP contribution is -2.34. The monoisotopic (exact) mass is 399 g/mol. The Morgan fingerprint density at radius 2 is 2.32 bits per heavy atom. The van der Waals surface area contributed by atoms with Crippen LogP contribution in [0.5, 0.6) is 0 Å². The zero-order valence-electron chi connectivity index (χ0n) is 16.8. The van der Waals surface area contributed by atoms with Crippen LogP contribution < -0.4 is 0 Å². The average molecular weight is 400 g/mol. The molecule has 4 rings (SSSR count). The zero-order valence-corrected chi connectivity index (χ0v) is 17.6. The van der Waals surface area contributed by atoms with Crippen molar-refractivity contribution < 1.29 is 9.53 Å². The van der Waals surface area contributed by atoms with E-state index in [0.717, 1.165) is 69.9 Å². The fraction of sp³-hybridized carbons (Fsp3) is 0.545. The van der Waals surface area contributed by atoms with Gasteiger partial charge in [0.05, 0.1) is 17.9 Å². The van der Waals surface area contributed by atoms with Crippen LogP contribution in [0.1, 0.15) is 45.4 Å². The predicted molar refractivity (Wildman–Crippen MR) is 112 cm³/mol. The number of aryl methyl sites for hydroxylation is 1. The Morgan fingerprint density at radius 3 is 3.04 bits per heavy atom. The van der Waals surface area contributed by atoms with Crippen molar-refractivity contribution in [3.05, 3.63) is 51.0 Å². The maximum atomic E-state index is 13.0. The van der Waals surface area contributed by atoms with Crippen LogP contribution in [0.15, 0.2) is 23.7 Å². The van der Waals surface area contributed by atoms with Gasteiger partial charge in [0.1, 0.15) is 0 Å². The molecule has 0 unspecified atom stereocenters. The summed E-state index contributed by atoms with van der Waals surface area (Å²) in [5.74, 6) is 0.639. The van der Waals surface area contributed by atoms with E-state index in [-0.39, 0.29) is 5.91 Å². The summed E-state index contributed by atoms with van der Waals surface area (Å²) in [5.41, 5.74) is 4.56. The van der Waals surface area contributed by atoms with E-state index in [1.807, 2.05) is 18.1 Å². The molecule has 150 valence electrons. The molecule has 2 aliphatic heterocycles. The maximum absolute atomic E-state index is 13.0. The second-order valence-corrected chi connectivity index (χ2v) is 8.90. The van der Waals surface area contributed by atoms with E-state index in [4.69, 9.17) is 4.74 Å². The number of rotatable bonds is 6. The first-order chi connectivity index (χ1) is 13.6. The molecule has 5 nitrogen and oxygen atoms in total. The number of fused-ring (bicyclic) bond motifs is 1. The van der Waals surface area contributed by atoms with Gasteiger partial charge in [0, 0.05) is 62.2 Å². The third-order valence-electron chi connectivity index (χ3n) is 5.84. The quantitative estimate of drug-likeness (QED) is 0.747. The molecule has 2 aromatic heterocycles. The lowest BCUT2D eigenvalue weighted by molar-refractivity contribution is 0.0764. The van der Waals surface area contributed by atoms with Gasteiger partial charge in [-0.25, -0.2) is 0 Å². The maximum Gasteiger partial charge on any atom is 0.254 e. The molecule has 0 radical (unpaired) electrons. The number of hydrogen-bond acceptors (Lipinski definition) is 5. The summed E-state index contributed by atoms with van der Waals surface area (Å²) >= 11 is 1.73. The van der Waals surface area contributed by atoms with Crippen molar-refractivity contribution in [2.24, 2.45) is 5.92 Å². The molecule has 0 aliphatic carbocycles. The second kappa shape index (κ2) is 8.72. The van der Waals surface area contributed by atoms with Crippen LogP contribution in [-0.2, 0) is 30.7 Å². The number of amides is 1. The van der Waals surface area contributed by atoms with Crippen LogP contribution in [0.3, 0.4) is 0 Å². The highest BCUT2D eigenvalue weighted by molar-refractivity contribution is 7.10. The molecule has 0 spiro atoms. The van der Waals surface area contributed by atoms with Crippen LogP contribution in [0.25, 0.3) is 0 Å². The van der Waals surface area contributed by atoms with Gasteiger partial charge in [-0.15, -0.1) is 11.3 Å². The molecule has 1 atom stereocenters. The lowest BCUT2D eigenvalue weighted by Gasteiger charge is -2.27. The Labute approximate surface area is 171 Å². The minimum Gasteiger partial charge on any atom is -0.381 e. The van der Waals surface area contributed by atoms with Gasteiger partial charge in [0.2, 0.25) is 0 Å². The Hall–Kier alpha value is -1.76. The highest BCUT2D eigenvalue weighted by atomic mass is 32.1.